The smallest absolute Gasteiger partial charge is 0.276 e. The van der Waals surface area contributed by atoms with E-state index in [9.17, 15) is 4.79 Å². The van der Waals surface area contributed by atoms with Crippen molar-refractivity contribution in [2.75, 3.05) is 20.1 Å². The number of likely N-dealkylation sites (N-methyl/N-ethyl adjacent to an activating group) is 1. The lowest BCUT2D eigenvalue weighted by Gasteiger charge is -2.23. The van der Waals surface area contributed by atoms with Gasteiger partial charge >= 0.3 is 0 Å². The van der Waals surface area contributed by atoms with Crippen molar-refractivity contribution >= 4 is 41.6 Å². The highest BCUT2D eigenvalue weighted by molar-refractivity contribution is 5.94. The Kier molecular flexibility index (Phi) is 7.35. The first kappa shape index (κ1) is 22.1. The van der Waals surface area contributed by atoms with Gasteiger partial charge in [-0.1, -0.05) is 11.3 Å². The van der Waals surface area contributed by atoms with Crippen LogP contribution in [0.3, 0.4) is 0 Å². The number of fused-ring (bicyclic) bond motifs is 1. The number of nitrogens with zero attached hydrogens (tertiary/aromatic N) is 5. The molecule has 0 spiro atoms. The molecule has 1 aliphatic rings. The van der Waals surface area contributed by atoms with Gasteiger partial charge in [0, 0.05) is 30.7 Å². The number of carbonyl (C=O) groups excluding carboxylic acids is 1. The number of hydrogen-bond acceptors (Lipinski definition) is 5. The minimum absolute atomic E-state index is 0. The van der Waals surface area contributed by atoms with Crippen LogP contribution in [-0.2, 0) is 0 Å². The third-order valence-electron chi connectivity index (χ3n) is 5.01. The molecule has 0 radical (unpaired) electrons. The number of nitrogens with one attached hydrogen (secondary N) is 1. The van der Waals surface area contributed by atoms with E-state index in [1.807, 2.05) is 49.2 Å². The molecule has 7 nitrogen and oxygen atoms in total. The SMILES string of the molecule is CNCC1CCCN1C(=O)c1nnn(-c2ccc3ncccc3c2)c1C.Cl.Cl. The van der Waals surface area contributed by atoms with Gasteiger partial charge in [0.15, 0.2) is 5.69 Å². The van der Waals surface area contributed by atoms with Crippen LogP contribution in [0.25, 0.3) is 16.6 Å². The molecule has 1 aromatic carbocycles. The zero-order chi connectivity index (χ0) is 18.1. The summed E-state index contributed by atoms with van der Waals surface area (Å²) >= 11 is 0. The number of rotatable bonds is 4. The van der Waals surface area contributed by atoms with Crippen LogP contribution >= 0.6 is 24.8 Å². The van der Waals surface area contributed by atoms with Crippen LogP contribution in [0.15, 0.2) is 36.5 Å². The van der Waals surface area contributed by atoms with Gasteiger partial charge in [-0.25, -0.2) is 4.68 Å². The maximum atomic E-state index is 13.0. The number of hydrogen-bond donors (Lipinski definition) is 1. The average molecular weight is 423 g/mol. The van der Waals surface area contributed by atoms with E-state index in [-0.39, 0.29) is 36.8 Å². The Morgan fingerprint density at radius 1 is 1.29 bits per heavy atom. The molecule has 2 aromatic heterocycles. The fourth-order valence-corrected chi connectivity index (χ4v) is 3.65. The van der Waals surface area contributed by atoms with Gasteiger partial charge in [0.05, 0.1) is 16.9 Å². The highest BCUT2D eigenvalue weighted by Crippen LogP contribution is 2.22. The van der Waals surface area contributed by atoms with Gasteiger partial charge < -0.3 is 10.2 Å². The minimum Gasteiger partial charge on any atom is -0.333 e. The van der Waals surface area contributed by atoms with Crippen LogP contribution < -0.4 is 5.32 Å². The molecular formula is C19H24Cl2N6O. The fourth-order valence-electron chi connectivity index (χ4n) is 3.65. The topological polar surface area (TPSA) is 75.9 Å². The maximum absolute atomic E-state index is 13.0. The molecule has 1 amide bonds. The van der Waals surface area contributed by atoms with Gasteiger partial charge in [-0.2, -0.15) is 0 Å². The summed E-state index contributed by atoms with van der Waals surface area (Å²) in [4.78, 5) is 19.2. The molecule has 4 rings (SSSR count). The van der Waals surface area contributed by atoms with Crippen LogP contribution in [0, 0.1) is 6.92 Å². The number of likely N-dealkylation sites (tertiary alicyclic amines) is 1. The van der Waals surface area contributed by atoms with E-state index in [1.54, 1.807) is 10.9 Å². The maximum Gasteiger partial charge on any atom is 0.276 e. The van der Waals surface area contributed by atoms with E-state index in [1.165, 1.54) is 0 Å². The molecule has 3 aromatic rings. The molecule has 0 bridgehead atoms. The third kappa shape index (κ3) is 3.97. The quantitative estimate of drug-likeness (QED) is 0.699. The number of halogens is 2. The van der Waals surface area contributed by atoms with Gasteiger partial charge in [-0.05, 0) is 51.1 Å². The molecule has 1 unspecified atom stereocenters. The van der Waals surface area contributed by atoms with Gasteiger partial charge in [0.2, 0.25) is 0 Å². The Balaban J connectivity index is 0.00000140. The lowest BCUT2D eigenvalue weighted by molar-refractivity contribution is 0.0730. The van der Waals surface area contributed by atoms with E-state index >= 15 is 0 Å². The highest BCUT2D eigenvalue weighted by atomic mass is 35.5. The summed E-state index contributed by atoms with van der Waals surface area (Å²) in [5.41, 5.74) is 2.99. The van der Waals surface area contributed by atoms with Gasteiger partial charge in [-0.15, -0.1) is 29.9 Å². The summed E-state index contributed by atoms with van der Waals surface area (Å²) in [6, 6.07) is 10.1. The Morgan fingerprint density at radius 3 is 2.89 bits per heavy atom. The Bertz CT molecular complexity index is 961. The van der Waals surface area contributed by atoms with Crippen molar-refractivity contribution in [2.45, 2.75) is 25.8 Å². The van der Waals surface area contributed by atoms with E-state index in [2.05, 4.69) is 20.6 Å². The first-order valence-electron chi connectivity index (χ1n) is 8.92. The molecule has 28 heavy (non-hydrogen) atoms. The molecule has 1 aliphatic heterocycles. The minimum atomic E-state index is -0.0334. The molecule has 0 aliphatic carbocycles. The van der Waals surface area contributed by atoms with Crippen molar-refractivity contribution in [1.29, 1.82) is 0 Å². The Hall–Kier alpha value is -2.22. The van der Waals surface area contributed by atoms with Crippen molar-refractivity contribution in [3.05, 3.63) is 47.9 Å². The number of pyridine rings is 1. The van der Waals surface area contributed by atoms with E-state index < -0.39 is 0 Å². The second kappa shape index (κ2) is 9.32. The molecule has 1 fully saturated rings. The summed E-state index contributed by atoms with van der Waals surface area (Å²) < 4.78 is 1.73. The average Bonchev–Trinajstić information content (AvgIpc) is 3.28. The molecule has 0 saturated carbocycles. The summed E-state index contributed by atoms with van der Waals surface area (Å²) in [6.07, 6.45) is 3.83. The van der Waals surface area contributed by atoms with Crippen molar-refractivity contribution in [3.63, 3.8) is 0 Å². The van der Waals surface area contributed by atoms with Crippen molar-refractivity contribution < 1.29 is 4.79 Å². The van der Waals surface area contributed by atoms with Crippen LogP contribution in [0.2, 0.25) is 0 Å². The summed E-state index contributed by atoms with van der Waals surface area (Å²) in [5.74, 6) is -0.0334. The Morgan fingerprint density at radius 2 is 2.11 bits per heavy atom. The zero-order valence-electron chi connectivity index (χ0n) is 15.8. The van der Waals surface area contributed by atoms with E-state index in [4.69, 9.17) is 0 Å². The van der Waals surface area contributed by atoms with Gasteiger partial charge in [0.1, 0.15) is 0 Å². The molecule has 1 saturated heterocycles. The second-order valence-corrected chi connectivity index (χ2v) is 6.67. The molecule has 1 N–H and O–H groups in total. The second-order valence-electron chi connectivity index (χ2n) is 6.67. The molecule has 150 valence electrons. The number of carbonyl (C=O) groups is 1. The normalized spacial score (nSPS) is 15.9. The molecule has 3 heterocycles. The fraction of sp³-hybridized carbons (Fsp3) is 0.368. The number of benzene rings is 1. The lowest BCUT2D eigenvalue weighted by Crippen LogP contribution is -2.41. The zero-order valence-corrected chi connectivity index (χ0v) is 17.5. The van der Waals surface area contributed by atoms with Gasteiger partial charge in [-0.3, -0.25) is 9.78 Å². The first-order valence-corrected chi connectivity index (χ1v) is 8.92. The van der Waals surface area contributed by atoms with Crippen LogP contribution in [0.4, 0.5) is 0 Å². The monoisotopic (exact) mass is 422 g/mol. The van der Waals surface area contributed by atoms with Crippen molar-refractivity contribution in [2.24, 2.45) is 0 Å². The van der Waals surface area contributed by atoms with Crippen LogP contribution in [0.1, 0.15) is 29.0 Å². The summed E-state index contributed by atoms with van der Waals surface area (Å²) in [6.45, 7) is 3.47. The largest absolute Gasteiger partial charge is 0.333 e. The predicted molar refractivity (Wildman–Crippen MR) is 114 cm³/mol. The van der Waals surface area contributed by atoms with Crippen LogP contribution in [-0.4, -0.2) is 57.0 Å². The van der Waals surface area contributed by atoms with Crippen LogP contribution in [0.5, 0.6) is 0 Å². The van der Waals surface area contributed by atoms with Gasteiger partial charge in [0.25, 0.3) is 5.91 Å². The molecular weight excluding hydrogens is 399 g/mol. The number of aromatic nitrogens is 4. The summed E-state index contributed by atoms with van der Waals surface area (Å²) in [5, 5.41) is 12.6. The van der Waals surface area contributed by atoms with Crippen molar-refractivity contribution in [3.8, 4) is 5.69 Å². The predicted octanol–water partition coefficient (Wildman–Crippen LogP) is 2.79. The van der Waals surface area contributed by atoms with E-state index in [0.29, 0.717) is 5.69 Å². The number of amides is 1. The molecule has 1 atom stereocenters. The highest BCUT2D eigenvalue weighted by Gasteiger charge is 2.31. The Labute approximate surface area is 176 Å². The standard InChI is InChI=1S/C19H22N6O.2ClH/c1-13-18(19(26)24-10-4-6-16(24)12-20-2)22-23-25(13)15-7-8-17-14(11-15)5-3-9-21-17;;/h3,5,7-9,11,16,20H,4,6,10,12H2,1-2H3;2*1H. The summed E-state index contributed by atoms with van der Waals surface area (Å²) in [7, 11) is 1.91. The van der Waals surface area contributed by atoms with E-state index in [0.717, 1.165) is 48.2 Å². The molecule has 9 heteroatoms. The third-order valence-corrected chi connectivity index (χ3v) is 5.01. The van der Waals surface area contributed by atoms with Crippen molar-refractivity contribution in [1.82, 2.24) is 30.2 Å². The first-order chi connectivity index (χ1) is 12.7. The lowest BCUT2D eigenvalue weighted by atomic mass is 10.2.